The number of hydroxylamine groups is 1. The number of rotatable bonds is 4. The van der Waals surface area contributed by atoms with Crippen molar-refractivity contribution < 1.29 is 10.0 Å². The first-order valence-corrected chi connectivity index (χ1v) is 5.26. The average Bonchev–Trinajstić information content (AvgIpc) is 2.76. The van der Waals surface area contributed by atoms with E-state index in [0.29, 0.717) is 17.0 Å². The fourth-order valence-corrected chi connectivity index (χ4v) is 1.56. The largest absolute Gasteiger partial charge is 0.368 e. The number of nitrogens with one attached hydrogen (secondary N) is 3. The van der Waals surface area contributed by atoms with Crippen LogP contribution in [0, 0.1) is 0 Å². The van der Waals surface area contributed by atoms with E-state index in [1.165, 1.54) is 6.33 Å². The van der Waals surface area contributed by atoms with Gasteiger partial charge in [0.15, 0.2) is 11.5 Å². The first kappa shape index (κ1) is 12.0. The SMILES string of the molecule is CC(CC(=O)NO)Nc1nc(N)nc2nc[nH]c12. The fourth-order valence-electron chi connectivity index (χ4n) is 1.56. The molecule has 0 spiro atoms. The quantitative estimate of drug-likeness (QED) is 0.368. The van der Waals surface area contributed by atoms with Crippen LogP contribution in [0.5, 0.6) is 0 Å². The molecule has 0 aliphatic carbocycles. The van der Waals surface area contributed by atoms with Gasteiger partial charge in [-0.15, -0.1) is 0 Å². The molecular formula is C9H13N7O2. The summed E-state index contributed by atoms with van der Waals surface area (Å²) in [6, 6.07) is -0.238. The number of carbonyl (C=O) groups is 1. The van der Waals surface area contributed by atoms with Crippen molar-refractivity contribution in [3.63, 3.8) is 0 Å². The molecule has 2 aromatic heterocycles. The number of imidazole rings is 1. The van der Waals surface area contributed by atoms with Crippen molar-refractivity contribution in [1.29, 1.82) is 0 Å². The molecule has 0 saturated heterocycles. The predicted molar refractivity (Wildman–Crippen MR) is 63.7 cm³/mol. The highest BCUT2D eigenvalue weighted by molar-refractivity contribution is 5.84. The number of carbonyl (C=O) groups excluding carboxylic acids is 1. The van der Waals surface area contributed by atoms with Gasteiger partial charge in [0.05, 0.1) is 6.33 Å². The van der Waals surface area contributed by atoms with Crippen LogP contribution in [-0.2, 0) is 4.79 Å². The molecule has 96 valence electrons. The van der Waals surface area contributed by atoms with Crippen LogP contribution >= 0.6 is 0 Å². The van der Waals surface area contributed by atoms with Gasteiger partial charge in [-0.2, -0.15) is 9.97 Å². The third kappa shape index (κ3) is 2.46. The van der Waals surface area contributed by atoms with E-state index in [-0.39, 0.29) is 18.4 Å². The summed E-state index contributed by atoms with van der Waals surface area (Å²) in [5, 5.41) is 11.4. The molecule has 1 atom stereocenters. The van der Waals surface area contributed by atoms with Crippen molar-refractivity contribution in [2.45, 2.75) is 19.4 Å². The Hall–Kier alpha value is -2.42. The number of nitrogen functional groups attached to an aromatic ring is 1. The van der Waals surface area contributed by atoms with Gasteiger partial charge in [-0.3, -0.25) is 10.0 Å². The molecular weight excluding hydrogens is 238 g/mol. The van der Waals surface area contributed by atoms with Gasteiger partial charge in [0.2, 0.25) is 11.9 Å². The van der Waals surface area contributed by atoms with Crippen molar-refractivity contribution in [2.24, 2.45) is 0 Å². The molecule has 1 unspecified atom stereocenters. The van der Waals surface area contributed by atoms with E-state index in [1.807, 2.05) is 0 Å². The van der Waals surface area contributed by atoms with Crippen molar-refractivity contribution in [1.82, 2.24) is 25.4 Å². The number of nitrogens with two attached hydrogens (primary N) is 1. The molecule has 0 aliphatic rings. The lowest BCUT2D eigenvalue weighted by Gasteiger charge is -2.13. The number of amides is 1. The Morgan fingerprint density at radius 3 is 3.11 bits per heavy atom. The van der Waals surface area contributed by atoms with Gasteiger partial charge in [0.1, 0.15) is 5.52 Å². The lowest BCUT2D eigenvalue weighted by atomic mass is 10.2. The van der Waals surface area contributed by atoms with Crippen LogP contribution in [0.1, 0.15) is 13.3 Å². The fraction of sp³-hybridized carbons (Fsp3) is 0.333. The Morgan fingerprint density at radius 1 is 1.61 bits per heavy atom. The number of fused-ring (bicyclic) bond motifs is 1. The Kier molecular flexibility index (Phi) is 3.24. The standard InChI is InChI=1S/C9H13N7O2/c1-4(2-5(17)16-18)13-8-6-7(12-3-11-6)14-9(10)15-8/h3-4,18H,2H2,1H3,(H,16,17)(H4,10,11,12,13,14,15). The van der Waals surface area contributed by atoms with Gasteiger partial charge >= 0.3 is 0 Å². The first-order valence-electron chi connectivity index (χ1n) is 5.26. The topological polar surface area (TPSA) is 142 Å². The first-order chi connectivity index (χ1) is 8.60. The number of aromatic amines is 1. The molecule has 0 aromatic carbocycles. The van der Waals surface area contributed by atoms with Crippen LogP contribution in [0.2, 0.25) is 0 Å². The van der Waals surface area contributed by atoms with Crippen LogP contribution in [0.15, 0.2) is 6.33 Å². The zero-order valence-corrected chi connectivity index (χ0v) is 9.64. The van der Waals surface area contributed by atoms with E-state index in [2.05, 4.69) is 25.3 Å². The molecule has 9 nitrogen and oxygen atoms in total. The summed E-state index contributed by atoms with van der Waals surface area (Å²) in [6.07, 6.45) is 1.57. The minimum absolute atomic E-state index is 0.0933. The van der Waals surface area contributed by atoms with E-state index >= 15 is 0 Å². The smallest absolute Gasteiger partial charge is 0.245 e. The summed E-state index contributed by atoms with van der Waals surface area (Å²) >= 11 is 0. The van der Waals surface area contributed by atoms with Crippen molar-refractivity contribution >= 4 is 28.8 Å². The van der Waals surface area contributed by atoms with Crippen molar-refractivity contribution in [3.05, 3.63) is 6.33 Å². The van der Waals surface area contributed by atoms with Gasteiger partial charge in [-0.05, 0) is 6.92 Å². The second-order valence-corrected chi connectivity index (χ2v) is 3.82. The lowest BCUT2D eigenvalue weighted by molar-refractivity contribution is -0.129. The number of hydrogen-bond acceptors (Lipinski definition) is 7. The third-order valence-electron chi connectivity index (χ3n) is 2.30. The maximum Gasteiger partial charge on any atom is 0.245 e. The average molecular weight is 251 g/mol. The molecule has 2 aromatic rings. The highest BCUT2D eigenvalue weighted by atomic mass is 16.5. The van der Waals surface area contributed by atoms with Gasteiger partial charge in [-0.25, -0.2) is 10.5 Å². The predicted octanol–water partition coefficient (Wildman–Crippen LogP) is -0.369. The van der Waals surface area contributed by atoms with E-state index in [0.717, 1.165) is 0 Å². The number of H-pyrrole nitrogens is 1. The summed E-state index contributed by atoms with van der Waals surface area (Å²) in [4.78, 5) is 25.9. The van der Waals surface area contributed by atoms with Crippen LogP contribution in [0.25, 0.3) is 11.2 Å². The second-order valence-electron chi connectivity index (χ2n) is 3.82. The molecule has 6 N–H and O–H groups in total. The molecule has 18 heavy (non-hydrogen) atoms. The minimum Gasteiger partial charge on any atom is -0.368 e. The lowest BCUT2D eigenvalue weighted by Crippen LogP contribution is -2.27. The summed E-state index contributed by atoms with van der Waals surface area (Å²) in [5.41, 5.74) is 8.18. The molecule has 1 amide bonds. The third-order valence-corrected chi connectivity index (χ3v) is 2.30. The Balaban J connectivity index is 2.20. The normalized spacial score (nSPS) is 12.3. The van der Waals surface area contributed by atoms with Gasteiger partial charge < -0.3 is 16.0 Å². The molecule has 0 fully saturated rings. The molecule has 9 heteroatoms. The monoisotopic (exact) mass is 251 g/mol. The summed E-state index contributed by atoms with van der Waals surface area (Å²) < 4.78 is 0. The molecule has 0 bridgehead atoms. The number of anilines is 2. The second kappa shape index (κ2) is 4.84. The molecule has 0 aliphatic heterocycles. The number of aromatic nitrogens is 4. The molecule has 2 heterocycles. The molecule has 0 radical (unpaired) electrons. The minimum atomic E-state index is -0.488. The highest BCUT2D eigenvalue weighted by Gasteiger charge is 2.13. The van der Waals surface area contributed by atoms with Crippen molar-refractivity contribution in [3.8, 4) is 0 Å². The van der Waals surface area contributed by atoms with Gasteiger partial charge in [-0.1, -0.05) is 0 Å². The van der Waals surface area contributed by atoms with Crippen LogP contribution < -0.4 is 16.5 Å². The summed E-state index contributed by atoms with van der Waals surface area (Å²) in [5.74, 6) is 0.0713. The maximum atomic E-state index is 11.0. The number of nitrogens with zero attached hydrogens (tertiary/aromatic N) is 3. The van der Waals surface area contributed by atoms with Crippen LogP contribution in [0.3, 0.4) is 0 Å². The zero-order chi connectivity index (χ0) is 13.1. The van der Waals surface area contributed by atoms with Gasteiger partial charge in [0.25, 0.3) is 0 Å². The molecule has 0 saturated carbocycles. The zero-order valence-electron chi connectivity index (χ0n) is 9.64. The molecule has 2 rings (SSSR count). The Bertz CT molecular complexity index is 567. The van der Waals surface area contributed by atoms with Crippen LogP contribution in [0.4, 0.5) is 11.8 Å². The highest BCUT2D eigenvalue weighted by Crippen LogP contribution is 2.18. The van der Waals surface area contributed by atoms with E-state index < -0.39 is 5.91 Å². The van der Waals surface area contributed by atoms with Crippen molar-refractivity contribution in [2.75, 3.05) is 11.1 Å². The van der Waals surface area contributed by atoms with Gasteiger partial charge in [0, 0.05) is 12.5 Å². The van der Waals surface area contributed by atoms with E-state index in [9.17, 15) is 4.79 Å². The Morgan fingerprint density at radius 2 is 2.39 bits per heavy atom. The van der Waals surface area contributed by atoms with E-state index in [4.69, 9.17) is 10.9 Å². The number of hydrogen-bond donors (Lipinski definition) is 5. The summed E-state index contributed by atoms with van der Waals surface area (Å²) in [7, 11) is 0. The summed E-state index contributed by atoms with van der Waals surface area (Å²) in [6.45, 7) is 1.77. The Labute approximate surface area is 102 Å². The maximum absolute atomic E-state index is 11.0. The van der Waals surface area contributed by atoms with E-state index in [1.54, 1.807) is 12.4 Å². The van der Waals surface area contributed by atoms with Crippen LogP contribution in [-0.4, -0.2) is 37.1 Å².